The van der Waals surface area contributed by atoms with Crippen LogP contribution in [0.1, 0.15) is 13.3 Å². The smallest absolute Gasteiger partial charge is 0.306 e. The fourth-order valence-electron chi connectivity index (χ4n) is 0.675. The molecule has 0 fully saturated rings. The Kier molecular flexibility index (Phi) is 4.94. The molecule has 5 nitrogen and oxygen atoms in total. The minimum Gasteiger partial charge on any atom is -0.469 e. The zero-order valence-electron chi connectivity index (χ0n) is 7.82. The maximum Gasteiger partial charge on any atom is 0.306 e. The lowest BCUT2D eigenvalue weighted by molar-refractivity contribution is -0.140. The normalized spacial score (nSPS) is 13.8. The molecule has 78 valence electrons. The summed E-state index contributed by atoms with van der Waals surface area (Å²) in [4.78, 5) is 10.7. The van der Waals surface area contributed by atoms with Gasteiger partial charge in [0, 0.05) is 6.54 Å². The molecule has 1 unspecified atom stereocenters. The van der Waals surface area contributed by atoms with E-state index >= 15 is 0 Å². The van der Waals surface area contributed by atoms with Gasteiger partial charge in [0.05, 0.1) is 24.5 Å². The average Bonchev–Trinajstić information content (AvgIpc) is 2.12. The number of hydrogen-bond acceptors (Lipinski definition) is 5. The van der Waals surface area contributed by atoms with E-state index in [1.165, 1.54) is 14.0 Å². The van der Waals surface area contributed by atoms with E-state index in [1.54, 1.807) is 0 Å². The van der Waals surface area contributed by atoms with Crippen LogP contribution in [0.15, 0.2) is 0 Å². The Labute approximate surface area is 78.2 Å². The predicted molar refractivity (Wildman–Crippen MR) is 48.9 cm³/mol. The summed E-state index contributed by atoms with van der Waals surface area (Å²) in [5, 5.41) is -0.600. The van der Waals surface area contributed by atoms with Gasteiger partial charge in [0.2, 0.25) is 0 Å². The Morgan fingerprint density at radius 1 is 1.54 bits per heavy atom. The van der Waals surface area contributed by atoms with Crippen molar-refractivity contribution in [2.75, 3.05) is 19.4 Å². The molecule has 0 amide bonds. The van der Waals surface area contributed by atoms with Crippen LogP contribution in [0.5, 0.6) is 0 Å². The van der Waals surface area contributed by atoms with Gasteiger partial charge >= 0.3 is 5.97 Å². The van der Waals surface area contributed by atoms with Crippen LogP contribution in [0.4, 0.5) is 0 Å². The molecule has 0 aliphatic heterocycles. The molecule has 0 saturated carbocycles. The lowest BCUT2D eigenvalue weighted by Gasteiger charge is -2.08. The molecule has 0 radical (unpaired) electrons. The van der Waals surface area contributed by atoms with Crippen molar-refractivity contribution in [2.24, 2.45) is 5.73 Å². The zero-order chi connectivity index (χ0) is 10.5. The highest BCUT2D eigenvalue weighted by Crippen LogP contribution is 2.02. The van der Waals surface area contributed by atoms with E-state index < -0.39 is 21.1 Å². The number of ether oxygens (including phenoxy) is 1. The van der Waals surface area contributed by atoms with Crippen molar-refractivity contribution >= 4 is 15.8 Å². The molecule has 0 spiro atoms. The summed E-state index contributed by atoms with van der Waals surface area (Å²) in [6.07, 6.45) is -0.108. The molecule has 13 heavy (non-hydrogen) atoms. The van der Waals surface area contributed by atoms with Crippen molar-refractivity contribution in [3.05, 3.63) is 0 Å². The molecular weight excluding hydrogens is 194 g/mol. The first-order valence-electron chi connectivity index (χ1n) is 3.92. The van der Waals surface area contributed by atoms with Crippen LogP contribution in [0.3, 0.4) is 0 Å². The lowest BCUT2D eigenvalue weighted by Crippen LogP contribution is -2.29. The van der Waals surface area contributed by atoms with Gasteiger partial charge in [-0.3, -0.25) is 4.79 Å². The summed E-state index contributed by atoms with van der Waals surface area (Å²) < 4.78 is 26.9. The highest BCUT2D eigenvalue weighted by atomic mass is 32.2. The Bertz CT molecular complexity index is 260. The Morgan fingerprint density at radius 3 is 2.46 bits per heavy atom. The third-order valence-electron chi connectivity index (χ3n) is 1.76. The maximum absolute atomic E-state index is 11.3. The summed E-state index contributed by atoms with van der Waals surface area (Å²) in [6, 6.07) is 0. The van der Waals surface area contributed by atoms with Crippen molar-refractivity contribution in [3.63, 3.8) is 0 Å². The van der Waals surface area contributed by atoms with Crippen LogP contribution < -0.4 is 5.73 Å². The van der Waals surface area contributed by atoms with Crippen molar-refractivity contribution in [1.29, 1.82) is 0 Å². The number of methoxy groups -OCH3 is 1. The summed E-state index contributed by atoms with van der Waals surface area (Å²) in [6.45, 7) is 1.59. The van der Waals surface area contributed by atoms with Gasteiger partial charge in [0.1, 0.15) is 0 Å². The average molecular weight is 209 g/mol. The van der Waals surface area contributed by atoms with Gasteiger partial charge in [-0.1, -0.05) is 0 Å². The number of carbonyl (C=O) groups is 1. The molecule has 0 rings (SSSR count). The van der Waals surface area contributed by atoms with Crippen molar-refractivity contribution < 1.29 is 17.9 Å². The van der Waals surface area contributed by atoms with Crippen molar-refractivity contribution in [3.8, 4) is 0 Å². The molecule has 2 N–H and O–H groups in total. The Balaban J connectivity index is 4.12. The second-order valence-corrected chi connectivity index (χ2v) is 5.28. The van der Waals surface area contributed by atoms with Crippen LogP contribution in [0.2, 0.25) is 0 Å². The third-order valence-corrected chi connectivity index (χ3v) is 3.96. The minimum atomic E-state index is -3.24. The summed E-state index contributed by atoms with van der Waals surface area (Å²) >= 11 is 0. The second kappa shape index (κ2) is 5.18. The molecule has 0 aromatic rings. The van der Waals surface area contributed by atoms with Gasteiger partial charge in [-0.25, -0.2) is 8.42 Å². The maximum atomic E-state index is 11.3. The summed E-state index contributed by atoms with van der Waals surface area (Å²) in [5.41, 5.74) is 5.20. The molecule has 0 aliphatic carbocycles. The minimum absolute atomic E-state index is 0.0729. The molecule has 0 saturated heterocycles. The number of nitrogens with two attached hydrogens (primary N) is 1. The fraction of sp³-hybridized carbons (Fsp3) is 0.857. The second-order valence-electron chi connectivity index (χ2n) is 2.74. The van der Waals surface area contributed by atoms with Crippen LogP contribution in [0, 0.1) is 0 Å². The molecule has 0 aromatic carbocycles. The topological polar surface area (TPSA) is 86.5 Å². The van der Waals surface area contributed by atoms with E-state index in [0.29, 0.717) is 0 Å². The van der Waals surface area contributed by atoms with E-state index in [2.05, 4.69) is 4.74 Å². The quantitative estimate of drug-likeness (QED) is 0.606. The molecule has 6 heteroatoms. The van der Waals surface area contributed by atoms with Gasteiger partial charge in [-0.05, 0) is 6.92 Å². The molecular formula is C7H15NO4S. The molecule has 0 heterocycles. The number of carbonyl (C=O) groups excluding carboxylic acids is 1. The highest BCUT2D eigenvalue weighted by Gasteiger charge is 2.20. The van der Waals surface area contributed by atoms with Gasteiger partial charge in [0.15, 0.2) is 9.84 Å². The van der Waals surface area contributed by atoms with Crippen molar-refractivity contribution in [2.45, 2.75) is 18.6 Å². The summed E-state index contributed by atoms with van der Waals surface area (Å²) in [5.74, 6) is -0.717. The molecule has 0 bridgehead atoms. The number of rotatable bonds is 5. The van der Waals surface area contributed by atoms with Crippen LogP contribution >= 0.6 is 0 Å². The van der Waals surface area contributed by atoms with E-state index in [9.17, 15) is 13.2 Å². The van der Waals surface area contributed by atoms with Gasteiger partial charge < -0.3 is 10.5 Å². The Hall–Kier alpha value is -0.620. The van der Waals surface area contributed by atoms with Gasteiger partial charge in [-0.2, -0.15) is 0 Å². The summed E-state index contributed by atoms with van der Waals surface area (Å²) in [7, 11) is -2.02. The van der Waals surface area contributed by atoms with E-state index in [4.69, 9.17) is 5.73 Å². The van der Waals surface area contributed by atoms with E-state index in [-0.39, 0.29) is 18.7 Å². The Morgan fingerprint density at radius 2 is 2.08 bits per heavy atom. The van der Waals surface area contributed by atoms with Gasteiger partial charge in [-0.15, -0.1) is 0 Å². The number of sulfone groups is 1. The third kappa shape index (κ3) is 4.23. The van der Waals surface area contributed by atoms with Crippen LogP contribution in [0.25, 0.3) is 0 Å². The zero-order valence-corrected chi connectivity index (χ0v) is 8.63. The number of hydrogen-bond donors (Lipinski definition) is 1. The van der Waals surface area contributed by atoms with Crippen LogP contribution in [-0.2, 0) is 19.4 Å². The SMILES string of the molecule is COC(=O)CCS(=O)(=O)C(C)CN. The predicted octanol–water partition coefficient (Wildman–Crippen LogP) is -0.688. The monoisotopic (exact) mass is 209 g/mol. The highest BCUT2D eigenvalue weighted by molar-refractivity contribution is 7.92. The first-order valence-corrected chi connectivity index (χ1v) is 5.64. The first kappa shape index (κ1) is 12.4. The largest absolute Gasteiger partial charge is 0.469 e. The van der Waals surface area contributed by atoms with Gasteiger partial charge in [0.25, 0.3) is 0 Å². The standard InChI is InChI=1S/C7H15NO4S/c1-6(5-8)13(10,11)4-3-7(9)12-2/h6H,3-5,8H2,1-2H3. The van der Waals surface area contributed by atoms with E-state index in [0.717, 1.165) is 0 Å². The first-order chi connectivity index (χ1) is 5.94. The number of esters is 1. The fourth-order valence-corrected chi connectivity index (χ4v) is 1.82. The van der Waals surface area contributed by atoms with Crippen molar-refractivity contribution in [1.82, 2.24) is 0 Å². The molecule has 1 atom stereocenters. The van der Waals surface area contributed by atoms with Crippen LogP contribution in [-0.4, -0.2) is 39.0 Å². The van der Waals surface area contributed by atoms with E-state index in [1.807, 2.05) is 0 Å². The molecule has 0 aliphatic rings. The molecule has 0 aromatic heterocycles. The lowest BCUT2D eigenvalue weighted by atomic mass is 10.5.